The summed E-state index contributed by atoms with van der Waals surface area (Å²) in [6.45, 7) is 1.81. The lowest BCUT2D eigenvalue weighted by Gasteiger charge is -2.60. The number of hydrogen-bond donors (Lipinski definition) is 1. The van der Waals surface area contributed by atoms with Crippen LogP contribution in [0.3, 0.4) is 0 Å². The fourth-order valence-corrected chi connectivity index (χ4v) is 5.76. The first-order chi connectivity index (χ1) is 14.4. The zero-order chi connectivity index (χ0) is 21.4. The number of carbonyl (C=O) groups excluding carboxylic acids is 1. The van der Waals surface area contributed by atoms with Gasteiger partial charge in [0.2, 0.25) is 0 Å². The number of likely N-dealkylation sites (tertiary alicyclic amines) is 1. The molecule has 30 heavy (non-hydrogen) atoms. The molecule has 160 valence electrons. The highest BCUT2D eigenvalue weighted by atomic mass is 16.5. The second-order valence-electron chi connectivity index (χ2n) is 9.00. The highest BCUT2D eigenvalue weighted by Gasteiger charge is 2.59. The zero-order valence-electron chi connectivity index (χ0n) is 18.2. The van der Waals surface area contributed by atoms with Crippen LogP contribution in [0.5, 0.6) is 5.75 Å². The molecule has 3 unspecified atom stereocenters. The van der Waals surface area contributed by atoms with Gasteiger partial charge in [0.05, 0.1) is 5.60 Å². The second-order valence-corrected chi connectivity index (χ2v) is 9.00. The number of fused-ring (bicyclic) bond motifs is 1. The van der Waals surface area contributed by atoms with Crippen molar-refractivity contribution in [3.05, 3.63) is 65.7 Å². The number of likely N-dealkylation sites (N-methyl/N-ethyl adjacent to an activating group) is 1. The quantitative estimate of drug-likeness (QED) is 0.839. The minimum Gasteiger partial charge on any atom is -0.508 e. The Labute approximate surface area is 179 Å². The van der Waals surface area contributed by atoms with Crippen LogP contribution < -0.4 is 0 Å². The molecule has 5 nitrogen and oxygen atoms in total. The van der Waals surface area contributed by atoms with Crippen molar-refractivity contribution >= 4 is 5.91 Å². The summed E-state index contributed by atoms with van der Waals surface area (Å²) in [4.78, 5) is 17.4. The van der Waals surface area contributed by atoms with E-state index in [9.17, 15) is 9.90 Å². The van der Waals surface area contributed by atoms with Gasteiger partial charge >= 0.3 is 0 Å². The van der Waals surface area contributed by atoms with Gasteiger partial charge in [-0.25, -0.2) is 0 Å². The third kappa shape index (κ3) is 3.40. The monoisotopic (exact) mass is 408 g/mol. The molecule has 1 saturated heterocycles. The number of methoxy groups -OCH3 is 1. The first-order valence-electron chi connectivity index (χ1n) is 10.8. The van der Waals surface area contributed by atoms with Crippen LogP contribution in [0, 0.1) is 0 Å². The SMILES string of the molecule is COC12CCC(N(C)C(=O)c3ccccc3)CC1(c1cccc(O)c1)CCN(C)C2. The number of amides is 1. The Bertz CT molecular complexity index is 902. The van der Waals surface area contributed by atoms with Gasteiger partial charge in [-0.2, -0.15) is 0 Å². The van der Waals surface area contributed by atoms with Crippen LogP contribution in [0.1, 0.15) is 41.6 Å². The number of benzene rings is 2. The number of piperidine rings is 1. The number of aromatic hydroxyl groups is 1. The lowest BCUT2D eigenvalue weighted by molar-refractivity contribution is -0.149. The van der Waals surface area contributed by atoms with Crippen LogP contribution in [0.4, 0.5) is 0 Å². The van der Waals surface area contributed by atoms with Gasteiger partial charge in [-0.05, 0) is 69.1 Å². The molecule has 1 N–H and O–H groups in total. The molecule has 1 saturated carbocycles. The van der Waals surface area contributed by atoms with E-state index in [1.165, 1.54) is 0 Å². The lowest BCUT2D eigenvalue weighted by atomic mass is 9.55. The molecule has 5 heteroatoms. The van der Waals surface area contributed by atoms with Crippen molar-refractivity contribution in [1.82, 2.24) is 9.80 Å². The number of ether oxygens (including phenoxy) is 1. The van der Waals surface area contributed by atoms with Gasteiger partial charge in [0.1, 0.15) is 5.75 Å². The first-order valence-corrected chi connectivity index (χ1v) is 10.8. The lowest BCUT2D eigenvalue weighted by Crippen LogP contribution is -2.67. The van der Waals surface area contributed by atoms with Crippen molar-refractivity contribution in [2.75, 3.05) is 34.3 Å². The van der Waals surface area contributed by atoms with E-state index in [-0.39, 0.29) is 28.7 Å². The summed E-state index contributed by atoms with van der Waals surface area (Å²) in [5, 5.41) is 10.2. The summed E-state index contributed by atoms with van der Waals surface area (Å²) in [5.41, 5.74) is 1.25. The van der Waals surface area contributed by atoms with Crippen LogP contribution in [-0.2, 0) is 10.2 Å². The zero-order valence-corrected chi connectivity index (χ0v) is 18.2. The van der Waals surface area contributed by atoms with Crippen molar-refractivity contribution in [2.45, 2.75) is 42.7 Å². The van der Waals surface area contributed by atoms with Gasteiger partial charge < -0.3 is 19.6 Å². The summed E-state index contributed by atoms with van der Waals surface area (Å²) >= 11 is 0. The maximum Gasteiger partial charge on any atom is 0.253 e. The summed E-state index contributed by atoms with van der Waals surface area (Å²) in [5.74, 6) is 0.339. The molecule has 2 aliphatic rings. The molecule has 3 atom stereocenters. The third-order valence-corrected chi connectivity index (χ3v) is 7.46. The van der Waals surface area contributed by atoms with Crippen molar-refractivity contribution < 1.29 is 14.6 Å². The summed E-state index contributed by atoms with van der Waals surface area (Å²) in [6.07, 6.45) is 3.54. The molecule has 2 aromatic rings. The molecule has 2 fully saturated rings. The smallest absolute Gasteiger partial charge is 0.253 e. The average molecular weight is 409 g/mol. The van der Waals surface area contributed by atoms with Crippen molar-refractivity contribution in [1.29, 1.82) is 0 Å². The average Bonchev–Trinajstić information content (AvgIpc) is 2.78. The van der Waals surface area contributed by atoms with E-state index >= 15 is 0 Å². The fraction of sp³-hybridized carbons (Fsp3) is 0.480. The predicted molar refractivity (Wildman–Crippen MR) is 118 cm³/mol. The maximum atomic E-state index is 13.1. The molecule has 0 radical (unpaired) electrons. The molecule has 1 aliphatic heterocycles. The number of nitrogens with zero attached hydrogens (tertiary/aromatic N) is 2. The molecule has 0 bridgehead atoms. The van der Waals surface area contributed by atoms with E-state index in [1.807, 2.05) is 61.5 Å². The van der Waals surface area contributed by atoms with Gasteiger partial charge in [0.15, 0.2) is 0 Å². The molecular formula is C25H32N2O3. The van der Waals surface area contributed by atoms with Crippen LogP contribution >= 0.6 is 0 Å². The van der Waals surface area contributed by atoms with Crippen LogP contribution in [-0.4, -0.2) is 66.8 Å². The summed E-state index contributed by atoms with van der Waals surface area (Å²) in [6, 6.07) is 17.2. The van der Waals surface area contributed by atoms with Crippen LogP contribution in [0.2, 0.25) is 0 Å². The number of phenolic OH excluding ortho intramolecular Hbond substituents is 1. The van der Waals surface area contributed by atoms with Gasteiger partial charge in [0.25, 0.3) is 5.91 Å². The van der Waals surface area contributed by atoms with E-state index in [2.05, 4.69) is 18.0 Å². The minimum atomic E-state index is -0.332. The second kappa shape index (κ2) is 8.05. The highest BCUT2D eigenvalue weighted by molar-refractivity contribution is 5.94. The van der Waals surface area contributed by atoms with Gasteiger partial charge in [-0.3, -0.25) is 4.79 Å². The molecule has 0 spiro atoms. The Balaban J connectivity index is 1.71. The standard InChI is InChI=1S/C25H32N2O3/c1-26-15-14-24(20-10-7-11-22(28)16-20)17-21(12-13-25(24,18-26)30-3)27(2)23(29)19-8-5-4-6-9-19/h4-11,16,21,28H,12-15,17-18H2,1-3H3. The maximum absolute atomic E-state index is 13.1. The normalized spacial score (nSPS) is 29.2. The molecule has 1 aliphatic carbocycles. The van der Waals surface area contributed by atoms with Crippen molar-refractivity contribution in [3.8, 4) is 5.75 Å². The number of rotatable bonds is 4. The largest absolute Gasteiger partial charge is 0.508 e. The molecule has 2 aromatic carbocycles. The Hall–Kier alpha value is -2.37. The Morgan fingerprint density at radius 3 is 2.63 bits per heavy atom. The van der Waals surface area contributed by atoms with E-state index in [0.717, 1.165) is 49.9 Å². The summed E-state index contributed by atoms with van der Waals surface area (Å²) < 4.78 is 6.30. The minimum absolute atomic E-state index is 0.0597. The van der Waals surface area contributed by atoms with E-state index in [1.54, 1.807) is 6.07 Å². The van der Waals surface area contributed by atoms with Gasteiger partial charge in [0, 0.05) is 37.7 Å². The molecule has 4 rings (SSSR count). The Morgan fingerprint density at radius 2 is 1.93 bits per heavy atom. The first kappa shape index (κ1) is 20.9. The van der Waals surface area contributed by atoms with E-state index in [0.29, 0.717) is 0 Å². The van der Waals surface area contributed by atoms with Crippen molar-refractivity contribution in [3.63, 3.8) is 0 Å². The van der Waals surface area contributed by atoms with E-state index in [4.69, 9.17) is 4.74 Å². The molecule has 1 heterocycles. The van der Waals surface area contributed by atoms with Gasteiger partial charge in [-0.1, -0.05) is 30.3 Å². The molecule has 0 aromatic heterocycles. The molecular weight excluding hydrogens is 376 g/mol. The fourth-order valence-electron chi connectivity index (χ4n) is 5.76. The number of hydrogen-bond acceptors (Lipinski definition) is 4. The van der Waals surface area contributed by atoms with Crippen LogP contribution in [0.25, 0.3) is 0 Å². The Kier molecular flexibility index (Phi) is 5.60. The topological polar surface area (TPSA) is 53.0 Å². The van der Waals surface area contributed by atoms with E-state index < -0.39 is 0 Å². The van der Waals surface area contributed by atoms with Gasteiger partial charge in [-0.15, -0.1) is 0 Å². The summed E-state index contributed by atoms with van der Waals surface area (Å²) in [7, 11) is 5.88. The number of carbonyl (C=O) groups is 1. The third-order valence-electron chi connectivity index (χ3n) is 7.46. The highest BCUT2D eigenvalue weighted by Crippen LogP contribution is 2.54. The van der Waals surface area contributed by atoms with Crippen molar-refractivity contribution in [2.24, 2.45) is 0 Å². The molecule has 1 amide bonds. The predicted octanol–water partition coefficient (Wildman–Crippen LogP) is 3.68. The Morgan fingerprint density at radius 1 is 1.17 bits per heavy atom. The number of phenols is 1. The van der Waals surface area contributed by atoms with Crippen LogP contribution in [0.15, 0.2) is 54.6 Å².